The molecule has 0 spiro atoms. The van der Waals surface area contributed by atoms with Gasteiger partial charge in [-0.1, -0.05) is 38.5 Å². The molecule has 0 heterocycles. The fourth-order valence-electron chi connectivity index (χ4n) is 2.75. The van der Waals surface area contributed by atoms with Gasteiger partial charge in [0.1, 0.15) is 6.04 Å². The smallest absolute Gasteiger partial charge is 0.328 e. The zero-order chi connectivity index (χ0) is 20.6. The second-order valence-electron chi connectivity index (χ2n) is 6.94. The number of nitrogens with zero attached hydrogens (tertiary/aromatic N) is 1. The first-order valence-corrected chi connectivity index (χ1v) is 9.11. The van der Waals surface area contributed by atoms with Crippen molar-refractivity contribution >= 4 is 23.5 Å². The van der Waals surface area contributed by atoms with E-state index in [0.29, 0.717) is 0 Å². The van der Waals surface area contributed by atoms with Crippen molar-refractivity contribution in [1.82, 2.24) is 10.2 Å². The Hall–Kier alpha value is -2.41. The summed E-state index contributed by atoms with van der Waals surface area (Å²) in [6, 6.07) is 5.11. The lowest BCUT2D eigenvalue weighted by atomic mass is 9.99. The fourth-order valence-corrected chi connectivity index (χ4v) is 2.75. The number of anilines is 1. The fraction of sp³-hybridized carbons (Fsp3) is 0.550. The van der Waals surface area contributed by atoms with Crippen molar-refractivity contribution in [3.05, 3.63) is 29.3 Å². The van der Waals surface area contributed by atoms with Gasteiger partial charge in [-0.05, 0) is 37.9 Å². The van der Waals surface area contributed by atoms with E-state index in [4.69, 9.17) is 4.74 Å². The molecule has 0 aliphatic rings. The molecule has 1 rings (SSSR count). The molecule has 0 aromatic heterocycles. The van der Waals surface area contributed by atoms with Crippen LogP contribution in [0.4, 0.5) is 5.69 Å². The molecule has 2 N–H and O–H groups in total. The molecule has 150 valence electrons. The number of rotatable bonds is 9. The highest BCUT2D eigenvalue weighted by Crippen LogP contribution is 2.19. The van der Waals surface area contributed by atoms with Crippen molar-refractivity contribution in [3.63, 3.8) is 0 Å². The molecule has 0 aliphatic carbocycles. The Morgan fingerprint density at radius 2 is 1.67 bits per heavy atom. The minimum atomic E-state index is -0.690. The average Bonchev–Trinajstić information content (AvgIpc) is 2.61. The predicted molar refractivity (Wildman–Crippen MR) is 105 cm³/mol. The minimum absolute atomic E-state index is 0.00407. The number of aryl methyl sites for hydroxylation is 2. The van der Waals surface area contributed by atoms with Crippen LogP contribution in [0.1, 0.15) is 31.4 Å². The molecule has 7 nitrogen and oxygen atoms in total. The van der Waals surface area contributed by atoms with E-state index in [1.165, 1.54) is 7.11 Å². The Morgan fingerprint density at radius 1 is 1.11 bits per heavy atom. The van der Waals surface area contributed by atoms with Crippen LogP contribution < -0.4 is 10.6 Å². The standard InChI is InChI=1S/C20H31N3O4/c1-7-13(2)19(20(26)27-6)22-17(25)12-23(5)11-16(24)21-18-14(3)9-8-10-15(18)4/h8-10,13,19H,7,11-12H2,1-6H3,(H,21,24)(H,22,25)/t13-,19+/m0/s1. The summed E-state index contributed by atoms with van der Waals surface area (Å²) >= 11 is 0. The molecule has 7 heteroatoms. The van der Waals surface area contributed by atoms with E-state index in [-0.39, 0.29) is 30.8 Å². The molecule has 0 unspecified atom stereocenters. The van der Waals surface area contributed by atoms with Crippen molar-refractivity contribution in [2.45, 2.75) is 40.2 Å². The van der Waals surface area contributed by atoms with Crippen molar-refractivity contribution in [1.29, 1.82) is 0 Å². The summed E-state index contributed by atoms with van der Waals surface area (Å²) in [6.07, 6.45) is 0.730. The van der Waals surface area contributed by atoms with Crippen LogP contribution in [0.25, 0.3) is 0 Å². The topological polar surface area (TPSA) is 87.7 Å². The first-order chi connectivity index (χ1) is 12.7. The lowest BCUT2D eigenvalue weighted by Crippen LogP contribution is -2.49. The maximum atomic E-state index is 12.3. The molecule has 27 heavy (non-hydrogen) atoms. The van der Waals surface area contributed by atoms with E-state index in [9.17, 15) is 14.4 Å². The second kappa shape index (κ2) is 10.7. The largest absolute Gasteiger partial charge is 0.467 e. The number of carbonyl (C=O) groups excluding carboxylic acids is 3. The second-order valence-corrected chi connectivity index (χ2v) is 6.94. The molecule has 0 saturated carbocycles. The summed E-state index contributed by atoms with van der Waals surface area (Å²) in [5, 5.41) is 5.60. The van der Waals surface area contributed by atoms with Crippen molar-refractivity contribution in [2.75, 3.05) is 32.6 Å². The highest BCUT2D eigenvalue weighted by Gasteiger charge is 2.27. The Labute approximate surface area is 161 Å². The molecule has 0 aliphatic heterocycles. The highest BCUT2D eigenvalue weighted by atomic mass is 16.5. The van der Waals surface area contributed by atoms with Crippen LogP contribution in [0.15, 0.2) is 18.2 Å². The number of likely N-dealkylation sites (N-methyl/N-ethyl adjacent to an activating group) is 1. The molecule has 0 radical (unpaired) electrons. The van der Waals surface area contributed by atoms with E-state index < -0.39 is 12.0 Å². The van der Waals surface area contributed by atoms with Gasteiger partial charge in [0.25, 0.3) is 0 Å². The molecule has 0 fully saturated rings. The van der Waals surface area contributed by atoms with Crippen LogP contribution in [0.3, 0.4) is 0 Å². The summed E-state index contributed by atoms with van der Waals surface area (Å²) in [5.41, 5.74) is 2.76. The number of benzene rings is 1. The number of amides is 2. The van der Waals surface area contributed by atoms with E-state index in [1.807, 2.05) is 45.9 Å². The molecular weight excluding hydrogens is 346 g/mol. The van der Waals surface area contributed by atoms with Crippen LogP contribution in [-0.2, 0) is 19.1 Å². The summed E-state index contributed by atoms with van der Waals surface area (Å²) in [4.78, 5) is 38.0. The number of ether oxygens (including phenoxy) is 1. The minimum Gasteiger partial charge on any atom is -0.467 e. The van der Waals surface area contributed by atoms with Gasteiger partial charge in [-0.3, -0.25) is 14.5 Å². The molecule has 2 amide bonds. The SMILES string of the molecule is CC[C@H](C)[C@@H](NC(=O)CN(C)CC(=O)Nc1c(C)cccc1C)C(=O)OC. The zero-order valence-electron chi connectivity index (χ0n) is 17.1. The van der Waals surface area contributed by atoms with E-state index in [2.05, 4.69) is 10.6 Å². The zero-order valence-corrected chi connectivity index (χ0v) is 17.1. The predicted octanol–water partition coefficient (Wildman–Crippen LogP) is 1.88. The van der Waals surface area contributed by atoms with Crippen molar-refractivity contribution in [3.8, 4) is 0 Å². The van der Waals surface area contributed by atoms with Crippen molar-refractivity contribution in [2.24, 2.45) is 5.92 Å². The van der Waals surface area contributed by atoms with Gasteiger partial charge < -0.3 is 15.4 Å². The average molecular weight is 377 g/mol. The van der Waals surface area contributed by atoms with Crippen molar-refractivity contribution < 1.29 is 19.1 Å². The number of nitrogens with one attached hydrogen (secondary N) is 2. The van der Waals surface area contributed by atoms with Gasteiger partial charge in [-0.15, -0.1) is 0 Å². The Bertz CT molecular complexity index is 655. The van der Waals surface area contributed by atoms with E-state index in [1.54, 1.807) is 11.9 Å². The number of hydrogen-bond acceptors (Lipinski definition) is 5. The van der Waals surface area contributed by atoms with E-state index in [0.717, 1.165) is 23.2 Å². The Morgan fingerprint density at radius 3 is 2.19 bits per heavy atom. The quantitative estimate of drug-likeness (QED) is 0.642. The van der Waals surface area contributed by atoms with Crippen LogP contribution in [-0.4, -0.2) is 56.0 Å². The third-order valence-corrected chi connectivity index (χ3v) is 4.56. The van der Waals surface area contributed by atoms with Crippen LogP contribution in [0, 0.1) is 19.8 Å². The van der Waals surface area contributed by atoms with Gasteiger partial charge in [0, 0.05) is 5.69 Å². The van der Waals surface area contributed by atoms with Gasteiger partial charge in [0.05, 0.1) is 20.2 Å². The van der Waals surface area contributed by atoms with Gasteiger partial charge >= 0.3 is 5.97 Å². The monoisotopic (exact) mass is 377 g/mol. The lowest BCUT2D eigenvalue weighted by molar-refractivity contribution is -0.146. The third kappa shape index (κ3) is 7.02. The number of para-hydroxylation sites is 1. The summed E-state index contributed by atoms with van der Waals surface area (Å²) in [7, 11) is 2.98. The summed E-state index contributed by atoms with van der Waals surface area (Å²) in [5.74, 6) is -1.03. The number of methoxy groups -OCH3 is 1. The van der Waals surface area contributed by atoms with E-state index >= 15 is 0 Å². The Balaban J connectivity index is 2.59. The number of esters is 1. The van der Waals surface area contributed by atoms with Crippen LogP contribution >= 0.6 is 0 Å². The highest BCUT2D eigenvalue weighted by molar-refractivity contribution is 5.94. The molecule has 2 atom stereocenters. The van der Waals surface area contributed by atoms with Gasteiger partial charge in [0.2, 0.25) is 11.8 Å². The first kappa shape index (κ1) is 22.6. The number of hydrogen-bond donors (Lipinski definition) is 2. The maximum absolute atomic E-state index is 12.3. The summed E-state index contributed by atoms with van der Waals surface area (Å²) in [6.45, 7) is 7.75. The molecule has 1 aromatic rings. The lowest BCUT2D eigenvalue weighted by Gasteiger charge is -2.23. The number of carbonyl (C=O) groups is 3. The molecular formula is C20H31N3O4. The first-order valence-electron chi connectivity index (χ1n) is 9.11. The molecule has 0 bridgehead atoms. The van der Waals surface area contributed by atoms with Crippen LogP contribution in [0.5, 0.6) is 0 Å². The maximum Gasteiger partial charge on any atom is 0.328 e. The van der Waals surface area contributed by atoms with Gasteiger partial charge in [-0.2, -0.15) is 0 Å². The Kier molecular flexibility index (Phi) is 8.94. The molecule has 0 saturated heterocycles. The normalized spacial score (nSPS) is 13.0. The summed E-state index contributed by atoms with van der Waals surface area (Å²) < 4.78 is 4.76. The van der Waals surface area contributed by atoms with Crippen LogP contribution in [0.2, 0.25) is 0 Å². The van der Waals surface area contributed by atoms with Gasteiger partial charge in [-0.25, -0.2) is 4.79 Å². The molecule has 1 aromatic carbocycles. The third-order valence-electron chi connectivity index (χ3n) is 4.56. The van der Waals surface area contributed by atoms with Gasteiger partial charge in [0.15, 0.2) is 0 Å².